The normalized spacial score (nSPS) is 11.9. The van der Waals surface area contributed by atoms with Gasteiger partial charge in [-0.15, -0.1) is 0 Å². The van der Waals surface area contributed by atoms with E-state index in [9.17, 15) is 0 Å². The first-order valence-corrected chi connectivity index (χ1v) is 9.83. The molecule has 2 aromatic carbocycles. The Labute approximate surface area is 180 Å². The third kappa shape index (κ3) is 4.18. The predicted octanol–water partition coefficient (Wildman–Crippen LogP) is 4.17. The van der Waals surface area contributed by atoms with Gasteiger partial charge in [-0.3, -0.25) is 0 Å². The number of nitrogens with one attached hydrogen (secondary N) is 1. The second kappa shape index (κ2) is 8.43. The number of hydrogen-bond donors (Lipinski definition) is 2. The monoisotopic (exact) mass is 416 g/mol. The molecule has 2 heterocycles. The number of nitrogens with two attached hydrogens (primary N) is 1. The average molecular weight is 416 g/mol. The van der Waals surface area contributed by atoms with Crippen LogP contribution < -0.4 is 20.5 Å². The molecule has 8 nitrogen and oxygen atoms in total. The fourth-order valence-corrected chi connectivity index (χ4v) is 3.44. The number of ether oxygens (including phenoxy) is 2. The van der Waals surface area contributed by atoms with Gasteiger partial charge in [0.1, 0.15) is 11.6 Å². The van der Waals surface area contributed by atoms with Crippen LogP contribution in [0, 0.1) is 6.92 Å². The number of aryl methyl sites for hydroxylation is 1. The number of benzene rings is 2. The summed E-state index contributed by atoms with van der Waals surface area (Å²) in [5, 5.41) is 4.38. The molecule has 8 heteroatoms. The third-order valence-electron chi connectivity index (χ3n) is 5.06. The van der Waals surface area contributed by atoms with Crippen molar-refractivity contribution in [3.8, 4) is 22.6 Å². The highest BCUT2D eigenvalue weighted by Crippen LogP contribution is 2.35. The van der Waals surface area contributed by atoms with Crippen LogP contribution in [0.1, 0.15) is 24.4 Å². The summed E-state index contributed by atoms with van der Waals surface area (Å²) in [5.41, 5.74) is 9.41. The molecule has 31 heavy (non-hydrogen) atoms. The molecule has 1 atom stereocenters. The molecule has 0 aliphatic heterocycles. The summed E-state index contributed by atoms with van der Waals surface area (Å²) < 4.78 is 10.9. The van der Waals surface area contributed by atoms with Gasteiger partial charge in [0, 0.05) is 35.5 Å². The Morgan fingerprint density at radius 2 is 1.65 bits per heavy atom. The van der Waals surface area contributed by atoms with Crippen LogP contribution in [-0.2, 0) is 0 Å². The summed E-state index contributed by atoms with van der Waals surface area (Å²) >= 11 is 0. The molecule has 0 saturated carbocycles. The largest absolute Gasteiger partial charge is 0.493 e. The lowest BCUT2D eigenvalue weighted by Crippen LogP contribution is -2.10. The molecule has 0 fully saturated rings. The zero-order chi connectivity index (χ0) is 22.0. The van der Waals surface area contributed by atoms with Crippen LogP contribution in [0.2, 0.25) is 0 Å². The molecule has 0 spiro atoms. The van der Waals surface area contributed by atoms with Gasteiger partial charge in [0.05, 0.1) is 19.7 Å². The van der Waals surface area contributed by atoms with Crippen molar-refractivity contribution in [2.24, 2.45) is 0 Å². The van der Waals surface area contributed by atoms with Crippen LogP contribution in [0.5, 0.6) is 11.5 Å². The molecule has 0 radical (unpaired) electrons. The van der Waals surface area contributed by atoms with Crippen molar-refractivity contribution in [3.05, 3.63) is 60.2 Å². The lowest BCUT2D eigenvalue weighted by Gasteiger charge is -2.18. The number of nitrogen functional groups attached to an aromatic ring is 1. The molecule has 3 N–H and O–H groups in total. The number of anilines is 2. The van der Waals surface area contributed by atoms with Crippen molar-refractivity contribution in [3.63, 3.8) is 0 Å². The molecule has 1 unspecified atom stereocenters. The quantitative estimate of drug-likeness (QED) is 0.482. The molecule has 0 amide bonds. The van der Waals surface area contributed by atoms with E-state index in [4.69, 9.17) is 15.2 Å². The van der Waals surface area contributed by atoms with Crippen molar-refractivity contribution in [2.45, 2.75) is 19.9 Å². The van der Waals surface area contributed by atoms with Gasteiger partial charge < -0.3 is 20.5 Å². The summed E-state index contributed by atoms with van der Waals surface area (Å²) in [6.45, 7) is 3.95. The van der Waals surface area contributed by atoms with Gasteiger partial charge in [-0.1, -0.05) is 18.2 Å². The molecule has 2 aromatic heterocycles. The maximum Gasteiger partial charge on any atom is 0.219 e. The van der Waals surface area contributed by atoms with E-state index in [0.29, 0.717) is 17.3 Å². The van der Waals surface area contributed by atoms with E-state index in [2.05, 4.69) is 44.3 Å². The Bertz CT molecular complexity index is 1230. The molecule has 4 rings (SSSR count). The van der Waals surface area contributed by atoms with E-state index in [0.717, 1.165) is 33.4 Å². The lowest BCUT2D eigenvalue weighted by molar-refractivity contribution is 0.356. The smallest absolute Gasteiger partial charge is 0.219 e. The second-order valence-electron chi connectivity index (χ2n) is 7.17. The fourth-order valence-electron chi connectivity index (χ4n) is 3.44. The second-order valence-corrected chi connectivity index (χ2v) is 7.17. The number of hydrogen-bond acceptors (Lipinski definition) is 8. The maximum absolute atomic E-state index is 5.60. The minimum Gasteiger partial charge on any atom is -0.493 e. The third-order valence-corrected chi connectivity index (χ3v) is 5.06. The minimum atomic E-state index is -0.0137. The van der Waals surface area contributed by atoms with Crippen molar-refractivity contribution >= 4 is 22.7 Å². The predicted molar refractivity (Wildman–Crippen MR) is 121 cm³/mol. The van der Waals surface area contributed by atoms with Crippen LogP contribution in [-0.4, -0.2) is 34.2 Å². The van der Waals surface area contributed by atoms with E-state index in [1.54, 1.807) is 26.6 Å². The van der Waals surface area contributed by atoms with Gasteiger partial charge in [-0.2, -0.15) is 0 Å². The Balaban J connectivity index is 1.69. The van der Waals surface area contributed by atoms with E-state index < -0.39 is 0 Å². The van der Waals surface area contributed by atoms with E-state index in [1.165, 1.54) is 0 Å². The van der Waals surface area contributed by atoms with Crippen molar-refractivity contribution in [1.29, 1.82) is 0 Å². The highest BCUT2D eigenvalue weighted by Gasteiger charge is 2.15. The SMILES string of the molecule is COc1cc2nc(C)nc(NC(C)c3cccc(-c4cnc(N)nc4)c3)c2cc1OC. The standard InChI is InChI=1S/C23H24N6O2/c1-13(15-6-5-7-16(8-15)17-11-25-23(24)26-12-17)27-22-18-9-20(30-3)21(31-4)10-19(18)28-14(2)29-22/h5-13H,1-4H3,(H2,24,25,26)(H,27,28,29). The summed E-state index contributed by atoms with van der Waals surface area (Å²) in [6, 6.07) is 11.9. The molecular weight excluding hydrogens is 392 g/mol. The van der Waals surface area contributed by atoms with Gasteiger partial charge in [0.2, 0.25) is 5.95 Å². The summed E-state index contributed by atoms with van der Waals surface area (Å²) in [5.74, 6) is 2.92. The Morgan fingerprint density at radius 1 is 0.935 bits per heavy atom. The van der Waals surface area contributed by atoms with E-state index in [1.807, 2.05) is 31.2 Å². The molecule has 4 aromatic rings. The van der Waals surface area contributed by atoms with Crippen molar-refractivity contribution in [1.82, 2.24) is 19.9 Å². The van der Waals surface area contributed by atoms with Gasteiger partial charge in [-0.25, -0.2) is 19.9 Å². The number of fused-ring (bicyclic) bond motifs is 1. The molecule has 0 aliphatic carbocycles. The van der Waals surface area contributed by atoms with Crippen molar-refractivity contribution < 1.29 is 9.47 Å². The van der Waals surface area contributed by atoms with Gasteiger partial charge in [-0.05, 0) is 37.1 Å². The Morgan fingerprint density at radius 3 is 2.35 bits per heavy atom. The molecule has 0 saturated heterocycles. The van der Waals surface area contributed by atoms with Crippen LogP contribution >= 0.6 is 0 Å². The van der Waals surface area contributed by atoms with Crippen LogP contribution in [0.15, 0.2) is 48.8 Å². The van der Waals surface area contributed by atoms with Gasteiger partial charge >= 0.3 is 0 Å². The zero-order valence-electron chi connectivity index (χ0n) is 17.9. The highest BCUT2D eigenvalue weighted by molar-refractivity contribution is 5.92. The highest BCUT2D eigenvalue weighted by atomic mass is 16.5. The van der Waals surface area contributed by atoms with Gasteiger partial charge in [0.25, 0.3) is 0 Å². The van der Waals surface area contributed by atoms with Crippen LogP contribution in [0.25, 0.3) is 22.0 Å². The lowest BCUT2D eigenvalue weighted by atomic mass is 10.0. The zero-order valence-corrected chi connectivity index (χ0v) is 17.9. The number of aromatic nitrogens is 4. The first-order chi connectivity index (χ1) is 15.0. The first kappa shape index (κ1) is 20.3. The van der Waals surface area contributed by atoms with Crippen LogP contribution in [0.4, 0.5) is 11.8 Å². The first-order valence-electron chi connectivity index (χ1n) is 9.83. The van der Waals surface area contributed by atoms with Crippen LogP contribution in [0.3, 0.4) is 0 Å². The average Bonchev–Trinajstić information content (AvgIpc) is 2.78. The van der Waals surface area contributed by atoms with E-state index in [-0.39, 0.29) is 12.0 Å². The summed E-state index contributed by atoms with van der Waals surface area (Å²) in [4.78, 5) is 17.4. The number of methoxy groups -OCH3 is 2. The molecule has 0 bridgehead atoms. The topological polar surface area (TPSA) is 108 Å². The summed E-state index contributed by atoms with van der Waals surface area (Å²) in [7, 11) is 3.22. The molecule has 0 aliphatic rings. The minimum absolute atomic E-state index is 0.0137. The van der Waals surface area contributed by atoms with Gasteiger partial charge in [0.15, 0.2) is 11.5 Å². The van der Waals surface area contributed by atoms with Crippen molar-refractivity contribution in [2.75, 3.05) is 25.3 Å². The number of nitrogens with zero attached hydrogens (tertiary/aromatic N) is 4. The molecular formula is C23H24N6O2. The summed E-state index contributed by atoms with van der Waals surface area (Å²) in [6.07, 6.45) is 3.45. The number of rotatable bonds is 6. The molecule has 158 valence electrons. The Kier molecular flexibility index (Phi) is 5.53. The Hall–Kier alpha value is -3.94. The fraction of sp³-hybridized carbons (Fsp3) is 0.217. The maximum atomic E-state index is 5.60. The van der Waals surface area contributed by atoms with E-state index >= 15 is 0 Å².